The number of rotatable bonds is 6. The topological polar surface area (TPSA) is 16.3 Å². The lowest BCUT2D eigenvalue weighted by atomic mass is 9.33. The average Bonchev–Trinajstić information content (AvgIpc) is 0.885. The van der Waals surface area contributed by atoms with Crippen LogP contribution in [-0.2, 0) is 32.5 Å². The fraction of sp³-hybridized carbons (Fsp3) is 0.267. The van der Waals surface area contributed by atoms with E-state index in [1.54, 1.807) is 0 Å². The molecule has 4 aliphatic rings. The second-order valence-corrected chi connectivity index (χ2v) is 33.0. The summed E-state index contributed by atoms with van der Waals surface area (Å²) in [4.78, 5) is 5.30. The minimum atomic E-state index is -0.193. The molecule has 2 aromatic heterocycles. The molecule has 95 heavy (non-hydrogen) atoms. The number of para-hydroxylation sites is 6. The van der Waals surface area contributed by atoms with Crippen LogP contribution < -0.4 is 26.2 Å². The summed E-state index contributed by atoms with van der Waals surface area (Å²) in [7, 11) is 0. The number of hydrogen-bond donors (Lipinski definition) is 0. The molecule has 5 heteroatoms. The van der Waals surface area contributed by atoms with Crippen molar-refractivity contribution >= 4 is 101 Å². The Labute approximate surface area is 563 Å². The minimum Gasteiger partial charge on any atom is -0.311 e. The van der Waals surface area contributed by atoms with Gasteiger partial charge in [0.05, 0.1) is 33.4 Å². The quantitative estimate of drug-likeness (QED) is 0.154. The maximum Gasteiger partial charge on any atom is 0.252 e. The summed E-state index contributed by atoms with van der Waals surface area (Å²) in [6, 6.07) is 87.7. The Hall–Kier alpha value is -9.32. The highest BCUT2D eigenvalue weighted by Gasteiger charge is 2.46. The van der Waals surface area contributed by atoms with E-state index in [0.717, 1.165) is 24.2 Å². The zero-order valence-corrected chi connectivity index (χ0v) is 58.1. The smallest absolute Gasteiger partial charge is 0.252 e. The molecule has 0 atom stereocenters. The first-order chi connectivity index (χ1) is 45.4. The van der Waals surface area contributed by atoms with Gasteiger partial charge in [-0.15, -0.1) is 0 Å². The Balaban J connectivity index is 0.987. The van der Waals surface area contributed by atoms with Gasteiger partial charge in [-0.25, -0.2) is 0 Å². The van der Waals surface area contributed by atoms with Crippen molar-refractivity contribution < 1.29 is 0 Å². The molecule has 0 amide bonds. The monoisotopic (exact) mass is 1230 g/mol. The van der Waals surface area contributed by atoms with Gasteiger partial charge in [0.25, 0.3) is 6.71 Å². The Bertz CT molecular complexity index is 5050. The Morgan fingerprint density at radius 3 is 1.09 bits per heavy atom. The summed E-state index contributed by atoms with van der Waals surface area (Å²) in [5, 5.41) is 5.08. The molecule has 2 aliphatic carbocycles. The van der Waals surface area contributed by atoms with Gasteiger partial charge in [0.2, 0.25) is 0 Å². The molecule has 0 saturated carbocycles. The molecule has 0 unspecified atom stereocenters. The molecule has 470 valence electrons. The van der Waals surface area contributed by atoms with Crippen LogP contribution in [0.2, 0.25) is 0 Å². The van der Waals surface area contributed by atoms with Crippen LogP contribution >= 0.6 is 0 Å². The van der Waals surface area contributed by atoms with E-state index in [1.165, 1.54) is 163 Å². The van der Waals surface area contributed by atoms with Crippen molar-refractivity contribution in [3.8, 4) is 33.6 Å². The first kappa shape index (κ1) is 59.4. The summed E-state index contributed by atoms with van der Waals surface area (Å²) in [6.45, 7) is 33.6. The van der Waals surface area contributed by atoms with Crippen molar-refractivity contribution in [1.29, 1.82) is 0 Å². The van der Waals surface area contributed by atoms with Crippen molar-refractivity contribution in [2.24, 2.45) is 0 Å². The molecular formula is C90H87BN4. The normalized spacial score (nSPS) is 16.6. The van der Waals surface area contributed by atoms with Crippen molar-refractivity contribution in [3.05, 3.63) is 258 Å². The molecule has 0 saturated heterocycles. The van der Waals surface area contributed by atoms with Crippen LogP contribution in [0, 0.1) is 0 Å². The molecule has 2 aliphatic heterocycles. The molecule has 4 heterocycles. The molecule has 13 aromatic rings. The van der Waals surface area contributed by atoms with E-state index in [4.69, 9.17) is 0 Å². The maximum absolute atomic E-state index is 2.65. The lowest BCUT2D eigenvalue weighted by Gasteiger charge is -2.45. The second-order valence-electron chi connectivity index (χ2n) is 33.0. The molecule has 4 nitrogen and oxygen atoms in total. The van der Waals surface area contributed by atoms with Crippen LogP contribution in [0.5, 0.6) is 0 Å². The lowest BCUT2D eigenvalue weighted by Crippen LogP contribution is -2.61. The molecule has 0 bridgehead atoms. The summed E-state index contributed by atoms with van der Waals surface area (Å²) in [5.74, 6) is 0. The standard InChI is InChI=1S/C90H87BN4/c1-85(2,3)68-32-23-30-64-62-28-17-21-36-76(62)92(83(64)68)58-42-46-78-72(54-58)91-73-55-59(93-77-37-22-18-29-63(77)65-31-24-33-69(84(65)93)86(4,5)6)43-47-79(73)95(75-35-20-16-27-61(75)57-41-45-67-71(53-57)90(13,14)51-49-88(67,9)10)81-39-25-38-80(82(81)91)94(78)74-34-19-15-26-60(74)56-40-44-66-70(52-56)89(11,12)50-48-87(66,7)8/h15-47,52-55H,48-51H2,1-14H3. The van der Waals surface area contributed by atoms with Crippen LogP contribution in [0.4, 0.5) is 34.1 Å². The zero-order valence-electron chi connectivity index (χ0n) is 58.1. The molecule has 17 rings (SSSR count). The third kappa shape index (κ3) is 8.93. The van der Waals surface area contributed by atoms with Crippen molar-refractivity contribution in [3.63, 3.8) is 0 Å². The van der Waals surface area contributed by atoms with Gasteiger partial charge in [0.15, 0.2) is 0 Å². The van der Waals surface area contributed by atoms with E-state index in [-0.39, 0.29) is 39.2 Å². The molecule has 0 fully saturated rings. The number of anilines is 6. The summed E-state index contributed by atoms with van der Waals surface area (Å²) >= 11 is 0. The maximum atomic E-state index is 2.65. The Morgan fingerprint density at radius 1 is 0.316 bits per heavy atom. The minimum absolute atomic E-state index is 0.0424. The third-order valence-electron chi connectivity index (χ3n) is 23.1. The predicted octanol–water partition coefficient (Wildman–Crippen LogP) is 22.6. The van der Waals surface area contributed by atoms with Crippen LogP contribution in [0.1, 0.15) is 156 Å². The van der Waals surface area contributed by atoms with Gasteiger partial charge in [-0.2, -0.15) is 0 Å². The highest BCUT2D eigenvalue weighted by atomic mass is 15.2. The number of aromatic nitrogens is 2. The SMILES string of the molecule is CC(C)(C)c1cccc2c3ccccc3n(-c3ccc4c(c3)B3c5cc(-n6c7ccccc7c7cccc(C(C)(C)C)c76)ccc5N(c5ccccc5-c5ccc6c(c5)C(C)(C)CCC6(C)C)c5cccc(c53)N4c3ccccc3-c3ccc4c(c3)C(C)(C)CCC4(C)C)c12. The Kier molecular flexibility index (Phi) is 12.9. The zero-order chi connectivity index (χ0) is 65.6. The van der Waals surface area contributed by atoms with Gasteiger partial charge in [-0.05, 0) is 192 Å². The van der Waals surface area contributed by atoms with E-state index >= 15 is 0 Å². The van der Waals surface area contributed by atoms with Crippen LogP contribution in [0.25, 0.3) is 77.2 Å². The summed E-state index contributed by atoms with van der Waals surface area (Å²) in [5.41, 5.74) is 31.7. The first-order valence-corrected chi connectivity index (χ1v) is 35.0. The van der Waals surface area contributed by atoms with E-state index in [1.807, 2.05) is 0 Å². The fourth-order valence-electron chi connectivity index (χ4n) is 17.8. The molecule has 11 aromatic carbocycles. The van der Waals surface area contributed by atoms with E-state index in [0.29, 0.717) is 0 Å². The first-order valence-electron chi connectivity index (χ1n) is 35.0. The third-order valence-corrected chi connectivity index (χ3v) is 23.1. The number of hydrogen-bond acceptors (Lipinski definition) is 2. The number of nitrogens with zero attached hydrogens (tertiary/aromatic N) is 4. The lowest BCUT2D eigenvalue weighted by molar-refractivity contribution is 0.332. The van der Waals surface area contributed by atoms with Gasteiger partial charge < -0.3 is 18.9 Å². The summed E-state index contributed by atoms with van der Waals surface area (Å²) in [6.07, 6.45) is 4.66. The number of benzene rings is 11. The van der Waals surface area contributed by atoms with Crippen molar-refractivity contribution in [1.82, 2.24) is 9.13 Å². The van der Waals surface area contributed by atoms with E-state index < -0.39 is 0 Å². The van der Waals surface area contributed by atoms with Crippen LogP contribution in [-0.4, -0.2) is 15.8 Å². The van der Waals surface area contributed by atoms with E-state index in [9.17, 15) is 0 Å². The van der Waals surface area contributed by atoms with E-state index in [2.05, 4.69) is 340 Å². The predicted molar refractivity (Wildman–Crippen MR) is 408 cm³/mol. The molecule has 0 N–H and O–H groups in total. The van der Waals surface area contributed by atoms with Crippen LogP contribution in [0.3, 0.4) is 0 Å². The molecule has 0 spiro atoms. The largest absolute Gasteiger partial charge is 0.311 e. The fourth-order valence-corrected chi connectivity index (χ4v) is 17.8. The highest BCUT2D eigenvalue weighted by molar-refractivity contribution is 7.00. The average molecular weight is 1240 g/mol. The number of fused-ring (bicyclic) bond motifs is 12. The summed E-state index contributed by atoms with van der Waals surface area (Å²) < 4.78 is 5.19. The highest BCUT2D eigenvalue weighted by Crippen LogP contribution is 2.54. The van der Waals surface area contributed by atoms with Crippen LogP contribution in [0.15, 0.2) is 224 Å². The second kappa shape index (κ2) is 20.6. The van der Waals surface area contributed by atoms with Gasteiger partial charge in [-0.1, -0.05) is 249 Å². The molecule has 0 radical (unpaired) electrons. The van der Waals surface area contributed by atoms with Gasteiger partial charge in [0, 0.05) is 66.8 Å². The van der Waals surface area contributed by atoms with Gasteiger partial charge in [0.1, 0.15) is 0 Å². The van der Waals surface area contributed by atoms with Gasteiger partial charge >= 0.3 is 0 Å². The van der Waals surface area contributed by atoms with Gasteiger partial charge in [-0.3, -0.25) is 0 Å². The van der Waals surface area contributed by atoms with Crippen molar-refractivity contribution in [2.45, 2.75) is 155 Å². The molecular weight excluding hydrogens is 1150 g/mol. The van der Waals surface area contributed by atoms with Crippen molar-refractivity contribution in [2.75, 3.05) is 9.80 Å². The Morgan fingerprint density at radius 2 is 0.674 bits per heavy atom.